The molecule has 0 bridgehead atoms. The Morgan fingerprint density at radius 2 is 1.00 bits per heavy atom. The highest BCUT2D eigenvalue weighted by molar-refractivity contribution is 6.10. The third-order valence-corrected chi connectivity index (χ3v) is 12.2. The third-order valence-electron chi connectivity index (χ3n) is 12.2. The van der Waals surface area contributed by atoms with Crippen LogP contribution in [0.15, 0.2) is 206 Å². The second-order valence-corrected chi connectivity index (χ2v) is 15.7. The van der Waals surface area contributed by atoms with Gasteiger partial charge in [-0.15, -0.1) is 0 Å². The van der Waals surface area contributed by atoms with Gasteiger partial charge in [-0.25, -0.2) is 0 Å². The summed E-state index contributed by atoms with van der Waals surface area (Å²) in [6.45, 7) is 4.72. The predicted octanol–water partition coefficient (Wildman–Crippen LogP) is 15.0. The van der Waals surface area contributed by atoms with Gasteiger partial charge < -0.3 is 9.47 Å². The number of hydrogen-bond donors (Lipinski definition) is 0. The van der Waals surface area contributed by atoms with Gasteiger partial charge >= 0.3 is 0 Å². The lowest BCUT2D eigenvalue weighted by Gasteiger charge is -2.30. The van der Waals surface area contributed by atoms with Crippen LogP contribution in [0.25, 0.3) is 71.6 Å². The van der Waals surface area contributed by atoms with Gasteiger partial charge in [0.1, 0.15) is 0 Å². The minimum atomic E-state index is -0.0818. The second-order valence-electron chi connectivity index (χ2n) is 15.7. The van der Waals surface area contributed by atoms with Crippen LogP contribution in [0.4, 0.5) is 17.1 Å². The maximum atomic E-state index is 2.46. The van der Waals surface area contributed by atoms with Gasteiger partial charge in [-0.1, -0.05) is 166 Å². The lowest BCUT2D eigenvalue weighted by molar-refractivity contribution is 0.660. The molecule has 10 aromatic rings. The first kappa shape index (κ1) is 33.2. The van der Waals surface area contributed by atoms with Crippen molar-refractivity contribution in [2.24, 2.45) is 0 Å². The average Bonchev–Trinajstić information content (AvgIpc) is 3.73. The van der Waals surface area contributed by atoms with Crippen molar-refractivity contribution in [3.63, 3.8) is 0 Å². The van der Waals surface area contributed by atoms with E-state index in [1.807, 2.05) is 0 Å². The molecule has 0 aliphatic heterocycles. The monoisotopic (exact) mass is 728 g/mol. The quantitative estimate of drug-likeness (QED) is 0.165. The summed E-state index contributed by atoms with van der Waals surface area (Å²) in [4.78, 5) is 2.46. The molecule has 2 heteroatoms. The minimum absolute atomic E-state index is 0.0818. The van der Waals surface area contributed by atoms with Crippen LogP contribution in [-0.2, 0) is 5.41 Å². The van der Waals surface area contributed by atoms with E-state index in [2.05, 4.69) is 230 Å². The maximum absolute atomic E-state index is 2.46. The molecule has 9 aromatic carbocycles. The normalized spacial score (nSPS) is 12.9. The highest BCUT2D eigenvalue weighted by Crippen LogP contribution is 2.54. The number of nitrogens with zero attached hydrogens (tertiary/aromatic N) is 2. The largest absolute Gasteiger partial charge is 0.309 e. The lowest BCUT2D eigenvalue weighted by Crippen LogP contribution is -2.15. The van der Waals surface area contributed by atoms with Crippen LogP contribution in [-0.4, -0.2) is 4.57 Å². The fourth-order valence-corrected chi connectivity index (χ4v) is 9.50. The molecule has 1 aliphatic rings. The molecular formula is C55H40N2. The summed E-state index contributed by atoms with van der Waals surface area (Å²) in [5.41, 5.74) is 17.2. The zero-order valence-corrected chi connectivity index (χ0v) is 32.0. The van der Waals surface area contributed by atoms with Gasteiger partial charge in [-0.3, -0.25) is 0 Å². The summed E-state index contributed by atoms with van der Waals surface area (Å²) in [5, 5.41) is 4.94. The molecule has 2 nitrogen and oxygen atoms in total. The number of anilines is 3. The number of aromatic nitrogens is 1. The van der Waals surface area contributed by atoms with E-state index in [0.717, 1.165) is 17.1 Å². The molecule has 0 radical (unpaired) electrons. The van der Waals surface area contributed by atoms with Crippen LogP contribution in [0, 0.1) is 0 Å². The van der Waals surface area contributed by atoms with E-state index in [4.69, 9.17) is 0 Å². The molecule has 0 saturated heterocycles. The number of fused-ring (bicyclic) bond motifs is 7. The van der Waals surface area contributed by atoms with E-state index >= 15 is 0 Å². The van der Waals surface area contributed by atoms with E-state index in [0.29, 0.717) is 0 Å². The molecule has 0 N–H and O–H groups in total. The van der Waals surface area contributed by atoms with Crippen LogP contribution in [0.1, 0.15) is 25.0 Å². The van der Waals surface area contributed by atoms with Gasteiger partial charge in [0.25, 0.3) is 0 Å². The van der Waals surface area contributed by atoms with Crippen LogP contribution >= 0.6 is 0 Å². The fraction of sp³-hybridized carbons (Fsp3) is 0.0545. The van der Waals surface area contributed by atoms with Gasteiger partial charge in [-0.2, -0.15) is 0 Å². The van der Waals surface area contributed by atoms with E-state index in [9.17, 15) is 0 Å². The predicted molar refractivity (Wildman–Crippen MR) is 241 cm³/mol. The highest BCUT2D eigenvalue weighted by Gasteiger charge is 2.37. The molecule has 0 amide bonds. The molecule has 270 valence electrons. The Bertz CT molecular complexity index is 3140. The minimum Gasteiger partial charge on any atom is -0.309 e. The summed E-state index contributed by atoms with van der Waals surface area (Å²) in [6.07, 6.45) is 0. The zero-order chi connectivity index (χ0) is 38.1. The van der Waals surface area contributed by atoms with Gasteiger partial charge in [0.2, 0.25) is 0 Å². The van der Waals surface area contributed by atoms with Crippen molar-refractivity contribution in [2.45, 2.75) is 19.3 Å². The van der Waals surface area contributed by atoms with Crippen molar-refractivity contribution >= 4 is 49.6 Å². The molecule has 0 saturated carbocycles. The van der Waals surface area contributed by atoms with E-state index < -0.39 is 0 Å². The summed E-state index contributed by atoms with van der Waals surface area (Å²) >= 11 is 0. The number of rotatable bonds is 6. The number of benzene rings is 9. The Hall–Kier alpha value is -7.16. The first-order valence-corrected chi connectivity index (χ1v) is 19.9. The van der Waals surface area contributed by atoms with Crippen molar-refractivity contribution in [1.29, 1.82) is 0 Å². The Labute approximate surface area is 333 Å². The molecule has 0 unspecified atom stereocenters. The van der Waals surface area contributed by atoms with Crippen molar-refractivity contribution in [3.05, 3.63) is 217 Å². The van der Waals surface area contributed by atoms with E-state index in [-0.39, 0.29) is 5.41 Å². The van der Waals surface area contributed by atoms with Gasteiger partial charge in [0.15, 0.2) is 0 Å². The Balaban J connectivity index is 1.08. The van der Waals surface area contributed by atoms with E-state index in [1.165, 1.54) is 82.8 Å². The molecule has 0 atom stereocenters. The summed E-state index contributed by atoms with van der Waals surface area (Å²) in [6, 6.07) is 75.6. The molecular weight excluding hydrogens is 689 g/mol. The fourth-order valence-electron chi connectivity index (χ4n) is 9.50. The summed E-state index contributed by atoms with van der Waals surface area (Å²) in [7, 11) is 0. The molecule has 0 fully saturated rings. The van der Waals surface area contributed by atoms with Crippen LogP contribution in [0.3, 0.4) is 0 Å². The number of hydrogen-bond acceptors (Lipinski definition) is 1. The number of para-hydroxylation sites is 3. The first-order chi connectivity index (χ1) is 28.1. The van der Waals surface area contributed by atoms with Crippen molar-refractivity contribution in [1.82, 2.24) is 4.57 Å². The highest BCUT2D eigenvalue weighted by atomic mass is 15.1. The summed E-state index contributed by atoms with van der Waals surface area (Å²) in [5.74, 6) is 0. The molecule has 57 heavy (non-hydrogen) atoms. The van der Waals surface area contributed by atoms with E-state index in [1.54, 1.807) is 0 Å². The van der Waals surface area contributed by atoms with Crippen LogP contribution in [0.5, 0.6) is 0 Å². The van der Waals surface area contributed by atoms with Crippen LogP contribution < -0.4 is 4.90 Å². The molecule has 1 heterocycles. The summed E-state index contributed by atoms with van der Waals surface area (Å²) < 4.78 is 2.37. The molecule has 0 spiro atoms. The smallest absolute Gasteiger partial charge is 0.0541 e. The topological polar surface area (TPSA) is 8.17 Å². The Kier molecular flexibility index (Phi) is 7.55. The zero-order valence-electron chi connectivity index (χ0n) is 32.0. The average molecular weight is 729 g/mol. The Morgan fingerprint density at radius 3 is 1.86 bits per heavy atom. The maximum Gasteiger partial charge on any atom is 0.0541 e. The van der Waals surface area contributed by atoms with Crippen molar-refractivity contribution in [2.75, 3.05) is 4.90 Å². The SMILES string of the molecule is CC1(C)c2ccccc2-c2c(-c3ccccc3N(c3ccc(-c4ccc5c(c4)c4ccccc4n5-c4ccccc4)cc3)c3cccc4ccccc34)cccc21. The lowest BCUT2D eigenvalue weighted by atomic mass is 9.82. The standard InChI is InChI=1S/C55H40N2/c1-55(2)48-25-11-8-23-46(48)54-45(24-15-26-49(54)55)43-21-9-12-27-51(43)57(50-29-14-17-38-16-6-7-20-42(38)50)41-33-30-37(31-34-41)39-32-35-53-47(36-39)44-22-10-13-28-52(44)56(53)40-18-4-3-5-19-40/h3-36H,1-2H3. The van der Waals surface area contributed by atoms with Crippen LogP contribution in [0.2, 0.25) is 0 Å². The third kappa shape index (κ3) is 5.18. The Morgan fingerprint density at radius 1 is 0.404 bits per heavy atom. The molecule has 1 aliphatic carbocycles. The van der Waals surface area contributed by atoms with Gasteiger partial charge in [0, 0.05) is 38.5 Å². The molecule has 1 aromatic heterocycles. The second kappa shape index (κ2) is 13.0. The molecule has 11 rings (SSSR count). The van der Waals surface area contributed by atoms with Gasteiger partial charge in [-0.05, 0) is 98.9 Å². The first-order valence-electron chi connectivity index (χ1n) is 19.9. The van der Waals surface area contributed by atoms with Crippen molar-refractivity contribution in [3.8, 4) is 39.1 Å². The van der Waals surface area contributed by atoms with Crippen molar-refractivity contribution < 1.29 is 0 Å². The van der Waals surface area contributed by atoms with Gasteiger partial charge in [0.05, 0.1) is 22.4 Å².